The fraction of sp³-hybridized carbons (Fsp3) is 0.333. The van der Waals surface area contributed by atoms with Crippen LogP contribution in [0.2, 0.25) is 0 Å². The summed E-state index contributed by atoms with van der Waals surface area (Å²) in [6.07, 6.45) is 2.07. The molecule has 3 aromatic rings. The van der Waals surface area contributed by atoms with E-state index >= 15 is 0 Å². The topological polar surface area (TPSA) is 60.9 Å². The number of amides is 1. The van der Waals surface area contributed by atoms with E-state index < -0.39 is 0 Å². The highest BCUT2D eigenvalue weighted by Crippen LogP contribution is 2.22. The zero-order valence-electron chi connectivity index (χ0n) is 17.5. The molecule has 1 aromatic heterocycles. The third-order valence-corrected chi connectivity index (χ3v) is 5.83. The normalized spacial score (nSPS) is 15.6. The van der Waals surface area contributed by atoms with E-state index in [9.17, 15) is 4.79 Å². The van der Waals surface area contributed by atoms with Gasteiger partial charge in [0.1, 0.15) is 18.1 Å². The van der Waals surface area contributed by atoms with Gasteiger partial charge < -0.3 is 19.1 Å². The highest BCUT2D eigenvalue weighted by atomic mass is 32.1. The fourth-order valence-electron chi connectivity index (χ4n) is 3.61. The molecular weight excluding hydrogens is 412 g/mol. The van der Waals surface area contributed by atoms with Gasteiger partial charge in [-0.15, -0.1) is 11.3 Å². The molecule has 0 aliphatic carbocycles. The first-order valence-corrected chi connectivity index (χ1v) is 11.3. The van der Waals surface area contributed by atoms with E-state index in [2.05, 4.69) is 4.98 Å². The molecule has 6 nitrogen and oxygen atoms in total. The lowest BCUT2D eigenvalue weighted by molar-refractivity contribution is 0.0507. The summed E-state index contributed by atoms with van der Waals surface area (Å²) in [5, 5.41) is 1.95. The first-order valence-electron chi connectivity index (χ1n) is 10.3. The van der Waals surface area contributed by atoms with Crippen molar-refractivity contribution in [3.8, 4) is 11.5 Å². The number of benzene rings is 2. The van der Waals surface area contributed by atoms with Crippen LogP contribution in [-0.2, 0) is 17.9 Å². The van der Waals surface area contributed by atoms with Crippen LogP contribution in [0.1, 0.15) is 34.5 Å². The van der Waals surface area contributed by atoms with E-state index in [4.69, 9.17) is 14.2 Å². The van der Waals surface area contributed by atoms with Gasteiger partial charge in [-0.25, -0.2) is 4.98 Å². The van der Waals surface area contributed by atoms with E-state index in [1.54, 1.807) is 18.7 Å². The number of nitrogens with zero attached hydrogens (tertiary/aromatic N) is 2. The molecule has 1 saturated heterocycles. The summed E-state index contributed by atoms with van der Waals surface area (Å²) in [5.74, 6) is 1.38. The van der Waals surface area contributed by atoms with Gasteiger partial charge in [-0.05, 0) is 48.7 Å². The van der Waals surface area contributed by atoms with Crippen LogP contribution in [0.15, 0.2) is 59.4 Å². The summed E-state index contributed by atoms with van der Waals surface area (Å²) in [5.41, 5.74) is 4.26. The molecule has 4 rings (SSSR count). The van der Waals surface area contributed by atoms with E-state index in [1.807, 2.05) is 52.7 Å². The number of carbonyl (C=O) groups excluding carboxylic acids is 1. The Balaban J connectivity index is 1.50. The van der Waals surface area contributed by atoms with E-state index in [0.717, 1.165) is 36.5 Å². The Morgan fingerprint density at radius 2 is 2.10 bits per heavy atom. The van der Waals surface area contributed by atoms with Gasteiger partial charge >= 0.3 is 0 Å². The monoisotopic (exact) mass is 438 g/mol. The van der Waals surface area contributed by atoms with Crippen LogP contribution >= 0.6 is 11.3 Å². The van der Waals surface area contributed by atoms with Crippen LogP contribution in [0.3, 0.4) is 0 Å². The van der Waals surface area contributed by atoms with Crippen LogP contribution in [-0.4, -0.2) is 42.2 Å². The molecule has 0 radical (unpaired) electrons. The summed E-state index contributed by atoms with van der Waals surface area (Å²) < 4.78 is 17.0. The highest BCUT2D eigenvalue weighted by molar-refractivity contribution is 7.07. The molecule has 31 heavy (non-hydrogen) atoms. The minimum absolute atomic E-state index is 0.0440. The van der Waals surface area contributed by atoms with Gasteiger partial charge in [-0.2, -0.15) is 0 Å². The summed E-state index contributed by atoms with van der Waals surface area (Å²) >= 11 is 1.53. The summed E-state index contributed by atoms with van der Waals surface area (Å²) in [7, 11) is 1.64. The predicted octanol–water partition coefficient (Wildman–Crippen LogP) is 4.55. The van der Waals surface area contributed by atoms with Gasteiger partial charge in [0.2, 0.25) is 0 Å². The van der Waals surface area contributed by atoms with Crippen molar-refractivity contribution >= 4 is 17.2 Å². The Kier molecular flexibility index (Phi) is 7.17. The van der Waals surface area contributed by atoms with Crippen molar-refractivity contribution in [2.45, 2.75) is 32.1 Å². The lowest BCUT2D eigenvalue weighted by atomic mass is 10.1. The first kappa shape index (κ1) is 21.3. The van der Waals surface area contributed by atoms with Gasteiger partial charge in [-0.3, -0.25) is 4.79 Å². The van der Waals surface area contributed by atoms with Crippen LogP contribution in [0.25, 0.3) is 0 Å². The summed E-state index contributed by atoms with van der Waals surface area (Å²) in [6.45, 7) is 2.18. The summed E-state index contributed by atoms with van der Waals surface area (Å²) in [6, 6.07) is 15.1. The zero-order chi connectivity index (χ0) is 21.5. The smallest absolute Gasteiger partial charge is 0.254 e. The lowest BCUT2D eigenvalue weighted by Gasteiger charge is -2.26. The van der Waals surface area contributed by atoms with Crippen molar-refractivity contribution in [2.24, 2.45) is 0 Å². The van der Waals surface area contributed by atoms with E-state index in [-0.39, 0.29) is 12.0 Å². The Morgan fingerprint density at radius 1 is 1.23 bits per heavy atom. The molecule has 2 heterocycles. The van der Waals surface area contributed by atoms with Gasteiger partial charge in [-0.1, -0.05) is 18.2 Å². The molecule has 1 aliphatic heterocycles. The molecule has 7 heteroatoms. The van der Waals surface area contributed by atoms with Gasteiger partial charge in [0, 0.05) is 30.6 Å². The molecule has 1 fully saturated rings. The molecule has 162 valence electrons. The molecule has 1 unspecified atom stereocenters. The standard InChI is InChI=1S/C24H26N2O4S/c1-28-21-7-2-5-18(11-21)13-26(14-23-9-4-10-29-23)24(27)19-6-3-8-22(12-19)30-15-20-16-31-17-25-20/h2-3,5-8,11-12,16-17,23H,4,9-10,13-15H2,1H3. The van der Waals surface area contributed by atoms with Gasteiger partial charge in [0.15, 0.2) is 0 Å². The van der Waals surface area contributed by atoms with Crippen LogP contribution in [0.4, 0.5) is 0 Å². The average Bonchev–Trinajstić information content (AvgIpc) is 3.51. The lowest BCUT2D eigenvalue weighted by Crippen LogP contribution is -2.37. The van der Waals surface area contributed by atoms with Crippen molar-refractivity contribution in [2.75, 3.05) is 20.3 Å². The Bertz CT molecular complexity index is 987. The number of hydrogen-bond acceptors (Lipinski definition) is 6. The number of rotatable bonds is 9. The van der Waals surface area contributed by atoms with Crippen molar-refractivity contribution in [3.63, 3.8) is 0 Å². The minimum atomic E-state index is -0.0440. The number of carbonyl (C=O) groups is 1. The maximum atomic E-state index is 13.4. The Hall–Kier alpha value is -2.90. The van der Waals surface area contributed by atoms with E-state index in [1.165, 1.54) is 11.3 Å². The molecule has 0 bridgehead atoms. The van der Waals surface area contributed by atoms with Crippen LogP contribution in [0, 0.1) is 0 Å². The molecule has 1 amide bonds. The molecule has 0 saturated carbocycles. The Morgan fingerprint density at radius 3 is 2.87 bits per heavy atom. The molecule has 1 aliphatic rings. The van der Waals surface area contributed by atoms with Crippen LogP contribution < -0.4 is 9.47 Å². The second kappa shape index (κ2) is 10.4. The number of thiazole rings is 1. The van der Waals surface area contributed by atoms with Gasteiger partial charge in [0.05, 0.1) is 24.4 Å². The number of hydrogen-bond donors (Lipinski definition) is 0. The number of aromatic nitrogens is 1. The first-order chi connectivity index (χ1) is 15.2. The van der Waals surface area contributed by atoms with Crippen molar-refractivity contribution < 1.29 is 19.0 Å². The third-order valence-electron chi connectivity index (χ3n) is 5.19. The summed E-state index contributed by atoms with van der Waals surface area (Å²) in [4.78, 5) is 19.5. The second-order valence-electron chi connectivity index (χ2n) is 7.47. The van der Waals surface area contributed by atoms with E-state index in [0.29, 0.717) is 31.0 Å². The molecule has 2 aromatic carbocycles. The predicted molar refractivity (Wildman–Crippen MR) is 120 cm³/mol. The number of methoxy groups -OCH3 is 1. The minimum Gasteiger partial charge on any atom is -0.497 e. The zero-order valence-corrected chi connectivity index (χ0v) is 18.3. The van der Waals surface area contributed by atoms with Gasteiger partial charge in [0.25, 0.3) is 5.91 Å². The van der Waals surface area contributed by atoms with Crippen molar-refractivity contribution in [1.29, 1.82) is 0 Å². The van der Waals surface area contributed by atoms with Crippen molar-refractivity contribution in [1.82, 2.24) is 9.88 Å². The quantitative estimate of drug-likeness (QED) is 0.490. The Labute approximate surface area is 186 Å². The molecule has 0 N–H and O–H groups in total. The highest BCUT2D eigenvalue weighted by Gasteiger charge is 2.24. The fourth-order valence-corrected chi connectivity index (χ4v) is 4.16. The maximum absolute atomic E-state index is 13.4. The average molecular weight is 439 g/mol. The van der Waals surface area contributed by atoms with Crippen molar-refractivity contribution in [3.05, 3.63) is 76.2 Å². The second-order valence-corrected chi connectivity index (χ2v) is 8.19. The number of ether oxygens (including phenoxy) is 3. The van der Waals surface area contributed by atoms with Crippen LogP contribution in [0.5, 0.6) is 11.5 Å². The molecular formula is C24H26N2O4S. The molecule has 1 atom stereocenters. The molecule has 0 spiro atoms. The largest absolute Gasteiger partial charge is 0.497 e. The maximum Gasteiger partial charge on any atom is 0.254 e. The SMILES string of the molecule is COc1cccc(CN(CC2CCCO2)C(=O)c2cccc(OCc3cscn3)c2)c1. The third kappa shape index (κ3) is 5.83.